The molecule has 3 atom stereocenters. The molecule has 1 aromatic rings. The lowest BCUT2D eigenvalue weighted by molar-refractivity contribution is 0.399. The van der Waals surface area contributed by atoms with Gasteiger partial charge in [-0.15, -0.1) is 0 Å². The van der Waals surface area contributed by atoms with E-state index in [0.29, 0.717) is 11.3 Å². The molecule has 1 saturated carbocycles. The fraction of sp³-hybridized carbons (Fsp3) is 0.556. The van der Waals surface area contributed by atoms with Gasteiger partial charge in [-0.2, -0.15) is 0 Å². The predicted octanol–water partition coefficient (Wildman–Crippen LogP) is 5.03. The van der Waals surface area contributed by atoms with Gasteiger partial charge in [0.1, 0.15) is 0 Å². The van der Waals surface area contributed by atoms with Crippen LogP contribution in [0.2, 0.25) is 0 Å². The third kappa shape index (κ3) is 4.83. The summed E-state index contributed by atoms with van der Waals surface area (Å²) in [7, 11) is 1.00. The van der Waals surface area contributed by atoms with Crippen molar-refractivity contribution in [3.05, 3.63) is 48.0 Å². The zero-order chi connectivity index (χ0) is 14.9. The van der Waals surface area contributed by atoms with Gasteiger partial charge in [-0.05, 0) is 36.2 Å². The van der Waals surface area contributed by atoms with Crippen LogP contribution >= 0.6 is 0 Å². The highest BCUT2D eigenvalue weighted by Crippen LogP contribution is 2.59. The molecule has 108 valence electrons. The Morgan fingerprint density at radius 1 is 1.21 bits per heavy atom. The van der Waals surface area contributed by atoms with E-state index in [-0.39, 0.29) is 0 Å². The van der Waals surface area contributed by atoms with Crippen molar-refractivity contribution in [1.82, 2.24) is 0 Å². The Bertz CT molecular complexity index is 355. The fourth-order valence-electron chi connectivity index (χ4n) is 2.72. The Morgan fingerprint density at radius 2 is 1.74 bits per heavy atom. The number of aliphatic hydroxyl groups is 1. The minimum absolute atomic E-state index is 0.462. The zero-order valence-corrected chi connectivity index (χ0v) is 13.4. The average molecular weight is 262 g/mol. The van der Waals surface area contributed by atoms with Crippen molar-refractivity contribution in [1.29, 1.82) is 0 Å². The summed E-state index contributed by atoms with van der Waals surface area (Å²) in [6.45, 7) is 10.8. The number of hydrogen-bond acceptors (Lipinski definition) is 1. The molecule has 0 bridgehead atoms. The first-order valence-electron chi connectivity index (χ1n) is 7.31. The van der Waals surface area contributed by atoms with Crippen molar-refractivity contribution in [3.63, 3.8) is 0 Å². The van der Waals surface area contributed by atoms with E-state index < -0.39 is 0 Å². The van der Waals surface area contributed by atoms with Gasteiger partial charge < -0.3 is 5.11 Å². The largest absolute Gasteiger partial charge is 0.400 e. The molecule has 1 fully saturated rings. The van der Waals surface area contributed by atoms with Crippen LogP contribution in [0.25, 0.3) is 0 Å². The summed E-state index contributed by atoms with van der Waals surface area (Å²) in [6.07, 6.45) is 5.90. The average Bonchev–Trinajstić information content (AvgIpc) is 3.15. The molecule has 0 aliphatic heterocycles. The molecule has 1 aromatic carbocycles. The lowest BCUT2D eigenvalue weighted by Gasteiger charge is -2.14. The van der Waals surface area contributed by atoms with Gasteiger partial charge in [0.25, 0.3) is 0 Å². The van der Waals surface area contributed by atoms with E-state index in [1.165, 1.54) is 12.0 Å². The molecule has 1 heteroatoms. The van der Waals surface area contributed by atoms with Crippen molar-refractivity contribution < 1.29 is 5.11 Å². The number of hydrogen-bond donors (Lipinski definition) is 1. The highest BCUT2D eigenvalue weighted by atomic mass is 16.2. The molecule has 0 amide bonds. The minimum Gasteiger partial charge on any atom is -0.400 e. The van der Waals surface area contributed by atoms with Crippen LogP contribution in [-0.4, -0.2) is 12.2 Å². The fourth-order valence-corrected chi connectivity index (χ4v) is 2.72. The van der Waals surface area contributed by atoms with Crippen molar-refractivity contribution in [3.8, 4) is 0 Å². The van der Waals surface area contributed by atoms with Crippen LogP contribution in [0.15, 0.2) is 42.5 Å². The molecule has 0 spiro atoms. The van der Waals surface area contributed by atoms with Crippen molar-refractivity contribution >= 4 is 0 Å². The van der Waals surface area contributed by atoms with Crippen molar-refractivity contribution in [2.24, 2.45) is 11.3 Å². The van der Waals surface area contributed by atoms with E-state index >= 15 is 0 Å². The molecular formula is C18H30O. The number of benzene rings is 1. The van der Waals surface area contributed by atoms with Gasteiger partial charge in [0.05, 0.1) is 0 Å². The molecule has 19 heavy (non-hydrogen) atoms. The molecule has 1 nitrogen and oxygen atoms in total. The molecule has 0 aromatic heterocycles. The quantitative estimate of drug-likeness (QED) is 0.758. The van der Waals surface area contributed by atoms with Gasteiger partial charge in [-0.25, -0.2) is 0 Å². The predicted molar refractivity (Wildman–Crippen MR) is 85.4 cm³/mol. The number of rotatable bonds is 3. The Balaban J connectivity index is 0.000000741. The first kappa shape index (κ1) is 17.9. The van der Waals surface area contributed by atoms with Crippen molar-refractivity contribution in [2.45, 2.75) is 47.0 Å². The summed E-state index contributed by atoms with van der Waals surface area (Å²) in [6, 6.07) is 10.9. The van der Waals surface area contributed by atoms with Crippen LogP contribution < -0.4 is 0 Å². The molecule has 0 heterocycles. The maximum atomic E-state index is 7.00. The Hall–Kier alpha value is -1.08. The Morgan fingerprint density at radius 3 is 2.21 bits per heavy atom. The van der Waals surface area contributed by atoms with Gasteiger partial charge in [-0.3, -0.25) is 0 Å². The molecular weight excluding hydrogens is 232 g/mol. The third-order valence-electron chi connectivity index (χ3n) is 3.82. The summed E-state index contributed by atoms with van der Waals surface area (Å²) in [4.78, 5) is 0. The highest BCUT2D eigenvalue weighted by molar-refractivity contribution is 5.25. The second-order valence-electron chi connectivity index (χ2n) is 5.02. The molecule has 1 aliphatic rings. The van der Waals surface area contributed by atoms with E-state index in [0.717, 1.165) is 13.0 Å². The number of aliphatic hydroxyl groups excluding tert-OH is 1. The minimum atomic E-state index is 0.462. The van der Waals surface area contributed by atoms with Crippen LogP contribution in [-0.2, 0) is 0 Å². The van der Waals surface area contributed by atoms with E-state index in [4.69, 9.17) is 5.11 Å². The van der Waals surface area contributed by atoms with E-state index in [1.54, 1.807) is 0 Å². The van der Waals surface area contributed by atoms with E-state index in [2.05, 4.69) is 63.3 Å². The summed E-state index contributed by atoms with van der Waals surface area (Å²) in [5, 5.41) is 7.00. The molecule has 0 radical (unpaired) electrons. The van der Waals surface area contributed by atoms with Gasteiger partial charge >= 0.3 is 0 Å². The smallest absolute Gasteiger partial charge is 0.0319 e. The Labute approximate surface area is 119 Å². The summed E-state index contributed by atoms with van der Waals surface area (Å²) in [5.41, 5.74) is 1.94. The van der Waals surface area contributed by atoms with Gasteiger partial charge in [0.15, 0.2) is 0 Å². The van der Waals surface area contributed by atoms with Crippen LogP contribution in [0.1, 0.15) is 52.5 Å². The summed E-state index contributed by atoms with van der Waals surface area (Å²) in [5.74, 6) is 1.52. The van der Waals surface area contributed by atoms with E-state index in [1.807, 2.05) is 13.8 Å². The maximum absolute atomic E-state index is 7.00. The monoisotopic (exact) mass is 262 g/mol. The maximum Gasteiger partial charge on any atom is 0.0319 e. The van der Waals surface area contributed by atoms with Gasteiger partial charge in [-0.1, -0.05) is 70.2 Å². The molecule has 2 rings (SSSR count). The summed E-state index contributed by atoms with van der Waals surface area (Å²) < 4.78 is 0. The highest BCUT2D eigenvalue weighted by Gasteiger charge is 2.50. The van der Waals surface area contributed by atoms with Gasteiger partial charge in [0, 0.05) is 7.11 Å². The molecule has 1 N–H and O–H groups in total. The molecule has 2 unspecified atom stereocenters. The van der Waals surface area contributed by atoms with Crippen molar-refractivity contribution in [2.75, 3.05) is 7.11 Å². The zero-order valence-electron chi connectivity index (χ0n) is 13.4. The Kier molecular flexibility index (Phi) is 8.42. The third-order valence-corrected chi connectivity index (χ3v) is 3.82. The first-order valence-corrected chi connectivity index (χ1v) is 7.31. The van der Waals surface area contributed by atoms with E-state index in [9.17, 15) is 0 Å². The van der Waals surface area contributed by atoms with Crippen LogP contribution in [0.3, 0.4) is 0 Å². The topological polar surface area (TPSA) is 20.2 Å². The SMILES string of the molecule is C/C=C\C1(C)CC1[C@@H](C)c1ccccc1.CC.CO. The number of allylic oxidation sites excluding steroid dienone is 2. The second kappa shape index (κ2) is 8.92. The van der Waals surface area contributed by atoms with Crippen LogP contribution in [0.4, 0.5) is 0 Å². The second-order valence-corrected chi connectivity index (χ2v) is 5.02. The summed E-state index contributed by atoms with van der Waals surface area (Å²) >= 11 is 0. The molecule has 0 saturated heterocycles. The normalized spacial score (nSPS) is 25.7. The standard InChI is InChI=1S/C15H20.C2H6.CH4O/c1-4-10-15(3)11-14(15)12(2)13-8-6-5-7-9-13;2*1-2/h4-10,12,14H,11H2,1-3H3;1-2H3;2H,1H3/b10-4-;;/t12-,14?,15?;;/m0../s1. The first-order chi connectivity index (χ1) is 9.17. The lowest BCUT2D eigenvalue weighted by Crippen LogP contribution is -2.02. The van der Waals surface area contributed by atoms with Gasteiger partial charge in [0.2, 0.25) is 0 Å². The lowest BCUT2D eigenvalue weighted by atomic mass is 9.91. The molecule has 1 aliphatic carbocycles. The van der Waals surface area contributed by atoms with Crippen LogP contribution in [0, 0.1) is 11.3 Å². The van der Waals surface area contributed by atoms with Crippen LogP contribution in [0.5, 0.6) is 0 Å².